The smallest absolute Gasteiger partial charge is 0.255 e. The first-order chi connectivity index (χ1) is 21.2. The fraction of sp³-hybridized carbons (Fsp3) is 0.312. The van der Waals surface area contributed by atoms with Gasteiger partial charge in [0.1, 0.15) is 42.6 Å². The number of ether oxygens (including phenoxy) is 2. The van der Waals surface area contributed by atoms with Crippen LogP contribution in [0.2, 0.25) is 0 Å². The van der Waals surface area contributed by atoms with E-state index in [2.05, 4.69) is 21.3 Å². The Bertz CT molecular complexity index is 1440. The Morgan fingerprint density at radius 3 is 2.43 bits per heavy atom. The van der Waals surface area contributed by atoms with Crippen LogP contribution in [0.4, 0.5) is 4.39 Å². The third-order valence-corrected chi connectivity index (χ3v) is 6.82. The van der Waals surface area contributed by atoms with Crippen molar-refractivity contribution in [1.29, 1.82) is 0 Å². The van der Waals surface area contributed by atoms with Crippen molar-refractivity contribution in [3.8, 4) is 11.5 Å². The van der Waals surface area contributed by atoms with Gasteiger partial charge in [0, 0.05) is 0 Å². The summed E-state index contributed by atoms with van der Waals surface area (Å²) >= 11 is 0. The highest BCUT2D eigenvalue weighted by atomic mass is 19.1. The van der Waals surface area contributed by atoms with Gasteiger partial charge < -0.3 is 35.8 Å². The Hall–Kier alpha value is -4.97. The quantitative estimate of drug-likeness (QED) is 0.244. The zero-order valence-electron chi connectivity index (χ0n) is 24.1. The molecular weight excluding hydrogens is 571 g/mol. The molecule has 0 aliphatic carbocycles. The van der Waals surface area contributed by atoms with Crippen molar-refractivity contribution in [3.63, 3.8) is 0 Å². The van der Waals surface area contributed by atoms with Gasteiger partial charge in [-0.15, -0.1) is 0 Å². The second-order valence-electron chi connectivity index (χ2n) is 10.3. The molecule has 1 aliphatic heterocycles. The second-order valence-corrected chi connectivity index (χ2v) is 10.3. The lowest BCUT2D eigenvalue weighted by molar-refractivity contribution is -0.133. The van der Waals surface area contributed by atoms with Crippen molar-refractivity contribution < 1.29 is 38.1 Å². The molecule has 12 heteroatoms. The van der Waals surface area contributed by atoms with Gasteiger partial charge in [0.15, 0.2) is 0 Å². The number of benzene rings is 3. The first-order valence-corrected chi connectivity index (χ1v) is 14.2. The molecule has 0 saturated heterocycles. The lowest BCUT2D eigenvalue weighted by Gasteiger charge is -2.27. The zero-order chi connectivity index (χ0) is 31.5. The van der Waals surface area contributed by atoms with Crippen molar-refractivity contribution in [2.24, 2.45) is 0 Å². The molecule has 0 aromatic heterocycles. The molecule has 0 fully saturated rings. The molecular formula is C32H35FN4O7. The van der Waals surface area contributed by atoms with E-state index in [0.29, 0.717) is 12.2 Å². The van der Waals surface area contributed by atoms with Gasteiger partial charge in [0.2, 0.25) is 17.7 Å². The lowest BCUT2D eigenvalue weighted by atomic mass is 10.0. The van der Waals surface area contributed by atoms with Gasteiger partial charge in [-0.2, -0.15) is 0 Å². The highest BCUT2D eigenvalue weighted by molar-refractivity contribution is 6.01. The summed E-state index contributed by atoms with van der Waals surface area (Å²) in [6.07, 6.45) is -1.41. The maximum absolute atomic E-state index is 13.4. The molecule has 3 aromatic rings. The van der Waals surface area contributed by atoms with E-state index in [1.165, 1.54) is 37.3 Å². The van der Waals surface area contributed by atoms with Gasteiger partial charge in [-0.1, -0.05) is 42.5 Å². The molecule has 3 aromatic carbocycles. The minimum Gasteiger partial charge on any atom is -0.492 e. The lowest BCUT2D eigenvalue weighted by Crippen LogP contribution is -2.57. The second kappa shape index (κ2) is 15.5. The molecule has 0 spiro atoms. The van der Waals surface area contributed by atoms with Crippen LogP contribution in [0.15, 0.2) is 78.9 Å². The van der Waals surface area contributed by atoms with Crippen molar-refractivity contribution in [1.82, 2.24) is 21.3 Å². The first kappa shape index (κ1) is 32.0. The summed E-state index contributed by atoms with van der Waals surface area (Å²) < 4.78 is 24.6. The number of nitrogens with one attached hydrogen (secondary N) is 4. The summed E-state index contributed by atoms with van der Waals surface area (Å²) in [6, 6.07) is 17.9. The predicted molar refractivity (Wildman–Crippen MR) is 158 cm³/mol. The van der Waals surface area contributed by atoms with Gasteiger partial charge in [-0.05, 0) is 55.3 Å². The number of carbonyl (C=O) groups excluding carboxylic acids is 4. The van der Waals surface area contributed by atoms with Crippen LogP contribution in [0.1, 0.15) is 29.3 Å². The number of amides is 4. The van der Waals surface area contributed by atoms with Crippen molar-refractivity contribution in [3.05, 3.63) is 95.8 Å². The fourth-order valence-corrected chi connectivity index (χ4v) is 4.58. The average molecular weight is 607 g/mol. The maximum atomic E-state index is 13.4. The molecule has 4 amide bonds. The normalized spacial score (nSPS) is 20.0. The van der Waals surface area contributed by atoms with E-state index in [-0.39, 0.29) is 31.1 Å². The van der Waals surface area contributed by atoms with Gasteiger partial charge in [0.05, 0.1) is 30.7 Å². The van der Waals surface area contributed by atoms with Crippen LogP contribution in [-0.4, -0.2) is 72.7 Å². The van der Waals surface area contributed by atoms with E-state index in [1.807, 2.05) is 30.3 Å². The summed E-state index contributed by atoms with van der Waals surface area (Å²) in [5.41, 5.74) is 1.05. The van der Waals surface area contributed by atoms with Crippen LogP contribution in [0.5, 0.6) is 11.5 Å². The van der Waals surface area contributed by atoms with Crippen LogP contribution in [0.25, 0.3) is 0 Å². The van der Waals surface area contributed by atoms with Gasteiger partial charge >= 0.3 is 0 Å². The van der Waals surface area contributed by atoms with E-state index < -0.39 is 60.1 Å². The van der Waals surface area contributed by atoms with Crippen LogP contribution >= 0.6 is 0 Å². The summed E-state index contributed by atoms with van der Waals surface area (Å²) in [5, 5.41) is 20.9. The topological polar surface area (TPSA) is 155 Å². The van der Waals surface area contributed by atoms with Crippen molar-refractivity contribution in [2.75, 3.05) is 19.8 Å². The number of aliphatic hydroxyl groups is 1. The molecule has 0 saturated carbocycles. The molecule has 4 atom stereocenters. The molecule has 1 aliphatic rings. The fourth-order valence-electron chi connectivity index (χ4n) is 4.58. The largest absolute Gasteiger partial charge is 0.492 e. The van der Waals surface area contributed by atoms with Gasteiger partial charge in [-0.25, -0.2) is 4.39 Å². The van der Waals surface area contributed by atoms with E-state index >= 15 is 0 Å². The Balaban J connectivity index is 1.52. The van der Waals surface area contributed by atoms with E-state index in [0.717, 1.165) is 5.56 Å². The zero-order valence-corrected chi connectivity index (χ0v) is 24.1. The standard InChI is InChI=1S/C32H35FN4O7/c1-20(38)29-32(42)35-23(17-21-7-3-2-4-8-21)19-44-27-10-6-5-9-25(27)30(40)36-26(18-28(39)37-29)31(41)34-15-16-43-24-13-11-22(33)12-14-24/h2-14,20,23,26,29,38H,15-19H2,1H3,(H,34,41)(H,35,42)(H,36,40)(H,37,39)/t20-,23-,26+,29+/m1/s1. The van der Waals surface area contributed by atoms with Crippen LogP contribution in [-0.2, 0) is 20.8 Å². The highest BCUT2D eigenvalue weighted by Gasteiger charge is 2.31. The molecule has 0 radical (unpaired) electrons. The minimum atomic E-state index is -1.34. The summed E-state index contributed by atoms with van der Waals surface area (Å²) in [6.45, 7) is 1.39. The monoisotopic (exact) mass is 606 g/mol. The Kier molecular flexibility index (Phi) is 11.2. The molecule has 4 rings (SSSR count). The third kappa shape index (κ3) is 9.27. The predicted octanol–water partition coefficient (Wildman–Crippen LogP) is 1.49. The van der Waals surface area contributed by atoms with Crippen LogP contribution < -0.4 is 30.7 Å². The van der Waals surface area contributed by atoms with Crippen LogP contribution in [0.3, 0.4) is 0 Å². The summed E-state index contributed by atoms with van der Waals surface area (Å²) in [4.78, 5) is 52.8. The van der Waals surface area contributed by atoms with Crippen molar-refractivity contribution in [2.45, 2.75) is 44.0 Å². The maximum Gasteiger partial charge on any atom is 0.255 e. The molecule has 5 N–H and O–H groups in total. The number of fused-ring (bicyclic) bond motifs is 1. The highest BCUT2D eigenvalue weighted by Crippen LogP contribution is 2.19. The average Bonchev–Trinajstić information content (AvgIpc) is 3.01. The molecule has 11 nitrogen and oxygen atoms in total. The summed E-state index contributed by atoms with van der Waals surface area (Å²) in [7, 11) is 0. The number of hydrogen-bond donors (Lipinski definition) is 5. The number of para-hydroxylation sites is 1. The number of hydrogen-bond acceptors (Lipinski definition) is 7. The third-order valence-electron chi connectivity index (χ3n) is 6.82. The number of carbonyl (C=O) groups is 4. The number of halogens is 1. The number of aliphatic hydroxyl groups excluding tert-OH is 1. The summed E-state index contributed by atoms with van der Waals surface area (Å²) in [5.74, 6) is -2.50. The van der Waals surface area contributed by atoms with Gasteiger partial charge in [-0.3, -0.25) is 19.2 Å². The van der Waals surface area contributed by atoms with Gasteiger partial charge in [0.25, 0.3) is 5.91 Å². The molecule has 1 heterocycles. The number of rotatable bonds is 8. The molecule has 44 heavy (non-hydrogen) atoms. The Labute approximate surface area is 254 Å². The molecule has 0 bridgehead atoms. The van der Waals surface area contributed by atoms with Crippen molar-refractivity contribution >= 4 is 23.6 Å². The van der Waals surface area contributed by atoms with E-state index in [1.54, 1.807) is 18.2 Å². The molecule has 0 unspecified atom stereocenters. The van der Waals surface area contributed by atoms with E-state index in [9.17, 15) is 28.7 Å². The Morgan fingerprint density at radius 1 is 1.00 bits per heavy atom. The molecule has 232 valence electrons. The first-order valence-electron chi connectivity index (χ1n) is 14.2. The van der Waals surface area contributed by atoms with Crippen LogP contribution in [0, 0.1) is 5.82 Å². The minimum absolute atomic E-state index is 0.0193. The SMILES string of the molecule is C[C@@H](O)[C@@H]1NC(=O)C[C@@H](C(=O)NCCOc2ccc(F)cc2)NC(=O)c2ccccc2OC[C@@H](Cc2ccccc2)NC1=O. The van der Waals surface area contributed by atoms with E-state index in [4.69, 9.17) is 9.47 Å². The Morgan fingerprint density at radius 2 is 1.70 bits per heavy atom.